The summed E-state index contributed by atoms with van der Waals surface area (Å²) in [5.74, 6) is 1.18. The minimum absolute atomic E-state index is 0.0764. The van der Waals surface area contributed by atoms with Gasteiger partial charge in [0, 0.05) is 55.0 Å². The number of rotatable bonds is 3. The van der Waals surface area contributed by atoms with Crippen molar-refractivity contribution in [3.63, 3.8) is 0 Å². The van der Waals surface area contributed by atoms with E-state index in [1.54, 1.807) is 18.6 Å². The molecule has 1 amide bonds. The Kier molecular flexibility index (Phi) is 5.33. The Hall–Kier alpha value is -3.32. The number of piperidine rings is 1. The lowest BCUT2D eigenvalue weighted by Gasteiger charge is -2.53. The molecule has 2 fully saturated rings. The van der Waals surface area contributed by atoms with Gasteiger partial charge >= 0.3 is 0 Å². The van der Waals surface area contributed by atoms with E-state index < -0.39 is 5.60 Å². The highest BCUT2D eigenvalue weighted by molar-refractivity contribution is 5.94. The van der Waals surface area contributed by atoms with E-state index in [0.717, 1.165) is 29.5 Å². The number of likely N-dealkylation sites (tertiary alicyclic amines) is 1. The molecule has 3 aliphatic heterocycles. The van der Waals surface area contributed by atoms with Crippen LogP contribution in [0, 0.1) is 11.8 Å². The van der Waals surface area contributed by atoms with Gasteiger partial charge in [-0.25, -0.2) is 4.98 Å². The van der Waals surface area contributed by atoms with Crippen molar-refractivity contribution in [1.29, 1.82) is 0 Å². The predicted octanol–water partition coefficient (Wildman–Crippen LogP) is 4.42. The van der Waals surface area contributed by atoms with Crippen LogP contribution in [0.25, 0.3) is 0 Å². The molecule has 1 N–H and O–H groups in total. The van der Waals surface area contributed by atoms with E-state index in [-0.39, 0.29) is 35.7 Å². The first-order valence-electron chi connectivity index (χ1n) is 12.4. The molecule has 3 aromatic rings. The fourth-order valence-electron chi connectivity index (χ4n) is 6.06. The second-order valence-corrected chi connectivity index (χ2v) is 10.6. The van der Waals surface area contributed by atoms with Crippen molar-refractivity contribution in [2.45, 2.75) is 51.0 Å². The van der Waals surface area contributed by atoms with Crippen molar-refractivity contribution in [3.05, 3.63) is 77.9 Å². The molecule has 4 atom stereocenters. The summed E-state index contributed by atoms with van der Waals surface area (Å²) in [4.78, 5) is 19.5. The Bertz CT molecular complexity index is 1240. The number of hydrogen-bond donors (Lipinski definition) is 1. The van der Waals surface area contributed by atoms with E-state index in [4.69, 9.17) is 9.47 Å². The smallest absolute Gasteiger partial charge is 0.253 e. The normalized spacial score (nSPS) is 26.7. The molecule has 3 aliphatic rings. The molecular formula is C28H31N3O4. The van der Waals surface area contributed by atoms with Crippen LogP contribution < -0.4 is 4.74 Å². The summed E-state index contributed by atoms with van der Waals surface area (Å²) in [7, 11) is 0. The highest BCUT2D eigenvalue weighted by Crippen LogP contribution is 2.54. The fourth-order valence-corrected chi connectivity index (χ4v) is 6.06. The predicted molar refractivity (Wildman–Crippen MR) is 130 cm³/mol. The number of phenolic OH excluding ortho intramolecular Hbond substituents is 1. The SMILES string of the molecule is CC1(C)Oc2c(O)cccc2[C@H]2O[C@H]3CCN(C(=O)c4cccc(Cn5ccnc5)c4)C[C@@H]3C[C@@H]21. The lowest BCUT2D eigenvalue weighted by atomic mass is 9.70. The summed E-state index contributed by atoms with van der Waals surface area (Å²) in [5.41, 5.74) is 2.26. The highest BCUT2D eigenvalue weighted by Gasteiger charge is 2.52. The number of hydrogen-bond acceptors (Lipinski definition) is 5. The molecule has 2 saturated heterocycles. The number of aromatic nitrogens is 2. The Labute approximate surface area is 205 Å². The summed E-state index contributed by atoms with van der Waals surface area (Å²) < 4.78 is 15.0. The van der Waals surface area contributed by atoms with Crippen molar-refractivity contribution in [2.75, 3.05) is 13.1 Å². The van der Waals surface area contributed by atoms with Gasteiger partial charge in [0.15, 0.2) is 11.5 Å². The first-order valence-corrected chi connectivity index (χ1v) is 12.4. The van der Waals surface area contributed by atoms with Gasteiger partial charge in [0.25, 0.3) is 5.91 Å². The molecule has 6 rings (SSSR count). The zero-order valence-corrected chi connectivity index (χ0v) is 20.1. The van der Waals surface area contributed by atoms with E-state index in [9.17, 15) is 9.90 Å². The number of carbonyl (C=O) groups excluding carboxylic acids is 1. The minimum Gasteiger partial charge on any atom is -0.504 e. The minimum atomic E-state index is -0.477. The summed E-state index contributed by atoms with van der Waals surface area (Å²) >= 11 is 0. The molecule has 0 spiro atoms. The molecule has 0 bridgehead atoms. The summed E-state index contributed by atoms with van der Waals surface area (Å²) in [5, 5.41) is 10.4. The largest absolute Gasteiger partial charge is 0.504 e. The Morgan fingerprint density at radius 3 is 2.91 bits per heavy atom. The molecule has 0 aliphatic carbocycles. The summed E-state index contributed by atoms with van der Waals surface area (Å²) in [6.07, 6.45) is 7.18. The Morgan fingerprint density at radius 2 is 2.09 bits per heavy atom. The van der Waals surface area contributed by atoms with Crippen LogP contribution in [0.1, 0.15) is 54.3 Å². The van der Waals surface area contributed by atoms with E-state index in [0.29, 0.717) is 25.4 Å². The number of phenols is 1. The van der Waals surface area contributed by atoms with Crippen LogP contribution in [0.2, 0.25) is 0 Å². The maximum Gasteiger partial charge on any atom is 0.253 e. The molecule has 0 unspecified atom stereocenters. The number of para-hydroxylation sites is 1. The average Bonchev–Trinajstić information content (AvgIpc) is 3.36. The summed E-state index contributed by atoms with van der Waals surface area (Å²) in [6, 6.07) is 13.4. The van der Waals surface area contributed by atoms with Gasteiger partial charge in [0.2, 0.25) is 0 Å². The number of nitrogens with zero attached hydrogens (tertiary/aromatic N) is 3. The third-order valence-electron chi connectivity index (χ3n) is 7.88. The number of fused-ring (bicyclic) bond motifs is 4. The van der Waals surface area contributed by atoms with E-state index in [2.05, 4.69) is 18.8 Å². The number of amides is 1. The lowest BCUT2D eigenvalue weighted by Crippen LogP contribution is -2.56. The molecule has 182 valence electrons. The van der Waals surface area contributed by atoms with Crippen molar-refractivity contribution in [3.8, 4) is 11.5 Å². The van der Waals surface area contributed by atoms with Crippen molar-refractivity contribution in [2.24, 2.45) is 11.8 Å². The van der Waals surface area contributed by atoms with Gasteiger partial charge in [0.05, 0.1) is 18.5 Å². The second kappa shape index (κ2) is 8.41. The van der Waals surface area contributed by atoms with Crippen LogP contribution in [0.3, 0.4) is 0 Å². The molecule has 0 saturated carbocycles. The quantitative estimate of drug-likeness (QED) is 0.610. The van der Waals surface area contributed by atoms with Gasteiger partial charge in [-0.15, -0.1) is 0 Å². The molecule has 7 heteroatoms. The monoisotopic (exact) mass is 473 g/mol. The number of aromatic hydroxyl groups is 1. The number of carbonyl (C=O) groups is 1. The molecule has 1 aromatic heterocycles. The maximum absolute atomic E-state index is 13.5. The number of imidazole rings is 1. The third-order valence-corrected chi connectivity index (χ3v) is 7.88. The van der Waals surface area contributed by atoms with Gasteiger partial charge in [-0.05, 0) is 50.5 Å². The molecule has 35 heavy (non-hydrogen) atoms. The lowest BCUT2D eigenvalue weighted by molar-refractivity contribution is -0.184. The van der Waals surface area contributed by atoms with Gasteiger partial charge in [0.1, 0.15) is 5.60 Å². The van der Waals surface area contributed by atoms with Crippen LogP contribution in [-0.2, 0) is 11.3 Å². The number of ether oxygens (including phenoxy) is 2. The molecule has 2 aromatic carbocycles. The first kappa shape index (κ1) is 22.2. The fraction of sp³-hybridized carbons (Fsp3) is 0.429. The van der Waals surface area contributed by atoms with E-state index in [1.165, 1.54) is 0 Å². The third kappa shape index (κ3) is 3.97. The Morgan fingerprint density at radius 1 is 1.23 bits per heavy atom. The molecule has 4 heterocycles. The number of benzene rings is 2. The van der Waals surface area contributed by atoms with Crippen LogP contribution in [0.5, 0.6) is 11.5 Å². The maximum atomic E-state index is 13.5. The van der Waals surface area contributed by atoms with Gasteiger partial charge in [-0.2, -0.15) is 0 Å². The highest BCUT2D eigenvalue weighted by atomic mass is 16.5. The van der Waals surface area contributed by atoms with Gasteiger partial charge < -0.3 is 24.0 Å². The average molecular weight is 474 g/mol. The first-order chi connectivity index (χ1) is 16.9. The Balaban J connectivity index is 1.19. The molecule has 7 nitrogen and oxygen atoms in total. The second-order valence-electron chi connectivity index (χ2n) is 10.6. The van der Waals surface area contributed by atoms with E-state index in [1.807, 2.05) is 52.1 Å². The topological polar surface area (TPSA) is 76.8 Å². The zero-order chi connectivity index (χ0) is 24.2. The van der Waals surface area contributed by atoms with Crippen molar-refractivity contribution >= 4 is 5.91 Å². The van der Waals surface area contributed by atoms with Gasteiger partial charge in [-0.1, -0.05) is 24.3 Å². The van der Waals surface area contributed by atoms with Gasteiger partial charge in [-0.3, -0.25) is 4.79 Å². The molecular weight excluding hydrogens is 442 g/mol. The van der Waals surface area contributed by atoms with Crippen LogP contribution in [0.4, 0.5) is 0 Å². The zero-order valence-electron chi connectivity index (χ0n) is 20.1. The van der Waals surface area contributed by atoms with Crippen LogP contribution in [-0.4, -0.2) is 50.3 Å². The standard InChI is InChI=1S/C28H31N3O4/c1-28(2)22-14-20-16-31(27(33)19-6-3-5-18(13-19)15-30-12-10-29-17-30)11-9-24(20)34-25(22)21-7-4-8-23(32)26(21)35-28/h3-8,10,12-13,17,20,22,24-25,32H,9,11,14-16H2,1-2H3/t20-,22-,24-,25+/m0/s1. The van der Waals surface area contributed by atoms with Crippen molar-refractivity contribution < 1.29 is 19.4 Å². The van der Waals surface area contributed by atoms with Crippen molar-refractivity contribution in [1.82, 2.24) is 14.5 Å². The van der Waals surface area contributed by atoms with Crippen LogP contribution in [0.15, 0.2) is 61.2 Å². The van der Waals surface area contributed by atoms with E-state index >= 15 is 0 Å². The molecule has 0 radical (unpaired) electrons. The van der Waals surface area contributed by atoms with Crippen LogP contribution >= 0.6 is 0 Å². The summed E-state index contributed by atoms with van der Waals surface area (Å²) in [6.45, 7) is 6.19.